The molecule has 4 aromatic carbocycles. The minimum Gasteiger partial charge on any atom is -0.0654 e. The van der Waals surface area contributed by atoms with Crippen molar-refractivity contribution in [3.63, 3.8) is 0 Å². The lowest BCUT2D eigenvalue weighted by Crippen LogP contribution is -2.15. The van der Waals surface area contributed by atoms with Crippen molar-refractivity contribution in [2.75, 3.05) is 0 Å². The minimum atomic E-state index is 0.0301. The van der Waals surface area contributed by atoms with Gasteiger partial charge in [-0.3, -0.25) is 0 Å². The van der Waals surface area contributed by atoms with Crippen molar-refractivity contribution in [2.24, 2.45) is 0 Å². The first-order chi connectivity index (χ1) is 16.1. The molecule has 0 nitrogen and oxygen atoms in total. The van der Waals surface area contributed by atoms with Gasteiger partial charge in [0, 0.05) is 5.41 Å². The quantitative estimate of drug-likeness (QED) is 0.245. The van der Waals surface area contributed by atoms with E-state index < -0.39 is 0 Å². The van der Waals surface area contributed by atoms with Crippen molar-refractivity contribution in [2.45, 2.75) is 58.3 Å². The highest BCUT2D eigenvalue weighted by Crippen LogP contribution is 2.51. The van der Waals surface area contributed by atoms with Crippen molar-refractivity contribution >= 4 is 0 Å². The highest BCUT2D eigenvalue weighted by molar-refractivity contribution is 5.88. The van der Waals surface area contributed by atoms with Gasteiger partial charge in [0.05, 0.1) is 0 Å². The highest BCUT2D eigenvalue weighted by Gasteiger charge is 2.36. The largest absolute Gasteiger partial charge is 0.0654 e. The van der Waals surface area contributed by atoms with Gasteiger partial charge in [0.15, 0.2) is 0 Å². The van der Waals surface area contributed by atoms with E-state index in [4.69, 9.17) is 0 Å². The van der Waals surface area contributed by atoms with E-state index in [-0.39, 0.29) is 5.41 Å². The number of benzene rings is 4. The van der Waals surface area contributed by atoms with Crippen LogP contribution in [0.1, 0.15) is 67.9 Å². The van der Waals surface area contributed by atoms with Crippen molar-refractivity contribution in [3.8, 4) is 33.4 Å². The first kappa shape index (κ1) is 20.5. The van der Waals surface area contributed by atoms with Crippen LogP contribution in [0.15, 0.2) is 78.9 Å². The molecule has 2 aliphatic rings. The molecular weight excluding hydrogens is 396 g/mol. The molecular formula is C33H32. The first-order valence-corrected chi connectivity index (χ1v) is 12.6. The van der Waals surface area contributed by atoms with E-state index in [1.165, 1.54) is 86.9 Å². The summed E-state index contributed by atoms with van der Waals surface area (Å²) in [6.07, 6.45) is 6.10. The summed E-state index contributed by atoms with van der Waals surface area (Å²) in [5, 5.41) is 0. The van der Waals surface area contributed by atoms with E-state index >= 15 is 0 Å². The number of hydrogen-bond donors (Lipinski definition) is 0. The van der Waals surface area contributed by atoms with Crippen LogP contribution in [-0.4, -0.2) is 0 Å². The molecule has 164 valence electrons. The van der Waals surface area contributed by atoms with Crippen LogP contribution in [0.4, 0.5) is 0 Å². The van der Waals surface area contributed by atoms with E-state index in [0.29, 0.717) is 0 Å². The summed E-state index contributed by atoms with van der Waals surface area (Å²) in [7, 11) is 0. The van der Waals surface area contributed by atoms with Crippen molar-refractivity contribution in [3.05, 3.63) is 107 Å². The van der Waals surface area contributed by atoms with Gasteiger partial charge in [-0.05, 0) is 86.5 Å². The third-order valence-electron chi connectivity index (χ3n) is 7.97. The second-order valence-electron chi connectivity index (χ2n) is 10.4. The average molecular weight is 429 g/mol. The molecule has 0 saturated heterocycles. The van der Waals surface area contributed by atoms with Crippen molar-refractivity contribution < 1.29 is 0 Å². The van der Waals surface area contributed by atoms with Crippen LogP contribution in [0.3, 0.4) is 0 Å². The standard InChI is InChI=1S/C33H32/c1-4-5-6-10-22-15-17-28-29-18-16-24(21-32(29)33(2,3)31(28)19-22)26-13-9-14-27-25-12-8-7-11-23(25)20-30(26)27/h7-9,11-19,21H,4-6,10,20H2,1-3H3. The highest BCUT2D eigenvalue weighted by atomic mass is 14.4. The van der Waals surface area contributed by atoms with Crippen LogP contribution < -0.4 is 0 Å². The van der Waals surface area contributed by atoms with Crippen LogP contribution in [0, 0.1) is 0 Å². The molecule has 0 heteroatoms. The van der Waals surface area contributed by atoms with Crippen molar-refractivity contribution in [1.82, 2.24) is 0 Å². The van der Waals surface area contributed by atoms with Gasteiger partial charge < -0.3 is 0 Å². The topological polar surface area (TPSA) is 0 Å². The summed E-state index contributed by atoms with van der Waals surface area (Å²) < 4.78 is 0. The van der Waals surface area contributed by atoms with E-state index in [1.54, 1.807) is 0 Å². The Morgan fingerprint density at radius 1 is 0.667 bits per heavy atom. The maximum absolute atomic E-state index is 2.49. The molecule has 0 radical (unpaired) electrons. The Hall–Kier alpha value is -3.12. The van der Waals surface area contributed by atoms with Gasteiger partial charge in [-0.1, -0.05) is 106 Å². The van der Waals surface area contributed by atoms with Crippen LogP contribution in [0.5, 0.6) is 0 Å². The number of rotatable bonds is 5. The zero-order chi connectivity index (χ0) is 22.6. The van der Waals surface area contributed by atoms with E-state index in [9.17, 15) is 0 Å². The van der Waals surface area contributed by atoms with Gasteiger partial charge >= 0.3 is 0 Å². The molecule has 0 fully saturated rings. The monoisotopic (exact) mass is 428 g/mol. The fourth-order valence-electron chi connectivity index (χ4n) is 6.11. The lowest BCUT2D eigenvalue weighted by Gasteiger charge is -2.23. The van der Waals surface area contributed by atoms with Gasteiger partial charge in [-0.15, -0.1) is 0 Å². The second-order valence-corrected chi connectivity index (χ2v) is 10.4. The van der Waals surface area contributed by atoms with Crippen LogP contribution in [-0.2, 0) is 18.3 Å². The summed E-state index contributed by atoms with van der Waals surface area (Å²) in [4.78, 5) is 0. The van der Waals surface area contributed by atoms with E-state index in [0.717, 1.165) is 6.42 Å². The first-order valence-electron chi connectivity index (χ1n) is 12.6. The molecule has 0 atom stereocenters. The molecule has 0 heterocycles. The maximum Gasteiger partial charge on any atom is 0.0159 e. The predicted molar refractivity (Wildman–Crippen MR) is 141 cm³/mol. The Morgan fingerprint density at radius 2 is 1.39 bits per heavy atom. The number of fused-ring (bicyclic) bond motifs is 6. The zero-order valence-corrected chi connectivity index (χ0v) is 20.0. The predicted octanol–water partition coefficient (Wildman–Crippen LogP) is 8.96. The Bertz CT molecular complexity index is 1370. The molecule has 0 aromatic heterocycles. The molecule has 0 N–H and O–H groups in total. The lowest BCUT2D eigenvalue weighted by atomic mass is 9.80. The lowest BCUT2D eigenvalue weighted by molar-refractivity contribution is 0.657. The Balaban J connectivity index is 1.41. The molecule has 0 bridgehead atoms. The number of aryl methyl sites for hydroxylation is 1. The molecule has 0 unspecified atom stereocenters. The van der Waals surface area contributed by atoms with Gasteiger partial charge in [-0.2, -0.15) is 0 Å². The molecule has 0 saturated carbocycles. The summed E-state index contributed by atoms with van der Waals surface area (Å²) in [5.41, 5.74) is 15.8. The van der Waals surface area contributed by atoms with Gasteiger partial charge in [-0.25, -0.2) is 0 Å². The summed E-state index contributed by atoms with van der Waals surface area (Å²) >= 11 is 0. The molecule has 0 amide bonds. The van der Waals surface area contributed by atoms with Crippen LogP contribution >= 0.6 is 0 Å². The summed E-state index contributed by atoms with van der Waals surface area (Å²) in [6.45, 7) is 7.09. The third-order valence-corrected chi connectivity index (χ3v) is 7.97. The van der Waals surface area contributed by atoms with E-state index in [1.807, 2.05) is 0 Å². The third kappa shape index (κ3) is 3.19. The summed E-state index contributed by atoms with van der Waals surface area (Å²) in [5.74, 6) is 0. The molecule has 2 aliphatic carbocycles. The van der Waals surface area contributed by atoms with Gasteiger partial charge in [0.1, 0.15) is 0 Å². The molecule has 4 aromatic rings. The average Bonchev–Trinajstić information content (AvgIpc) is 3.32. The Morgan fingerprint density at radius 3 is 2.24 bits per heavy atom. The smallest absolute Gasteiger partial charge is 0.0159 e. The van der Waals surface area contributed by atoms with Gasteiger partial charge in [0.2, 0.25) is 0 Å². The number of unbranched alkanes of at least 4 members (excludes halogenated alkanes) is 2. The Labute approximate surface area is 198 Å². The van der Waals surface area contributed by atoms with Crippen molar-refractivity contribution in [1.29, 1.82) is 0 Å². The minimum absolute atomic E-state index is 0.0301. The van der Waals surface area contributed by atoms with E-state index in [2.05, 4.69) is 99.6 Å². The molecule has 33 heavy (non-hydrogen) atoms. The van der Waals surface area contributed by atoms with Crippen LogP contribution in [0.25, 0.3) is 33.4 Å². The maximum atomic E-state index is 2.49. The summed E-state index contributed by atoms with van der Waals surface area (Å²) in [6, 6.07) is 30.1. The number of hydrogen-bond acceptors (Lipinski definition) is 0. The molecule has 0 aliphatic heterocycles. The fraction of sp³-hybridized carbons (Fsp3) is 0.273. The molecule has 6 rings (SSSR count). The zero-order valence-electron chi connectivity index (χ0n) is 20.0. The Kier molecular flexibility index (Phi) is 4.80. The van der Waals surface area contributed by atoms with Gasteiger partial charge in [0.25, 0.3) is 0 Å². The fourth-order valence-corrected chi connectivity index (χ4v) is 6.11. The van der Waals surface area contributed by atoms with Crippen LogP contribution in [0.2, 0.25) is 0 Å². The SMILES string of the molecule is CCCCCc1ccc2c(c1)C(C)(C)c1cc(-c3cccc4c3Cc3ccccc3-4)ccc1-2. The molecule has 0 spiro atoms. The second kappa shape index (κ2) is 7.73. The normalized spacial score (nSPS) is 14.5.